The molecule has 0 aliphatic heterocycles. The summed E-state index contributed by atoms with van der Waals surface area (Å²) in [4.78, 5) is 23.4. The SMILES string of the molecule is CC1CCCC(NC(=O)NC2CCCCC2C(=O)O)CC1. The average Bonchev–Trinajstić information content (AvgIpc) is 2.64. The fourth-order valence-corrected chi connectivity index (χ4v) is 3.63. The van der Waals surface area contributed by atoms with Gasteiger partial charge in [0.15, 0.2) is 0 Å². The molecule has 4 atom stereocenters. The van der Waals surface area contributed by atoms with Crippen molar-refractivity contribution in [2.75, 3.05) is 0 Å². The molecule has 0 aromatic carbocycles. The van der Waals surface area contributed by atoms with E-state index in [-0.39, 0.29) is 18.1 Å². The normalized spacial score (nSPS) is 33.8. The summed E-state index contributed by atoms with van der Waals surface area (Å²) in [6.07, 6.45) is 9.00. The Morgan fingerprint density at radius 2 is 1.67 bits per heavy atom. The van der Waals surface area contributed by atoms with Crippen molar-refractivity contribution in [1.82, 2.24) is 10.6 Å². The van der Waals surface area contributed by atoms with Crippen LogP contribution in [0.1, 0.15) is 64.7 Å². The van der Waals surface area contributed by atoms with E-state index in [1.165, 1.54) is 6.42 Å². The van der Waals surface area contributed by atoms with E-state index in [2.05, 4.69) is 17.6 Å². The summed E-state index contributed by atoms with van der Waals surface area (Å²) < 4.78 is 0. The van der Waals surface area contributed by atoms with Crippen LogP contribution in [0.15, 0.2) is 0 Å². The second kappa shape index (κ2) is 7.66. The number of hydrogen-bond acceptors (Lipinski definition) is 2. The number of urea groups is 1. The maximum Gasteiger partial charge on any atom is 0.315 e. The quantitative estimate of drug-likeness (QED) is 0.701. The van der Waals surface area contributed by atoms with E-state index in [0.29, 0.717) is 6.42 Å². The first-order valence-electron chi connectivity index (χ1n) is 8.36. The van der Waals surface area contributed by atoms with E-state index < -0.39 is 11.9 Å². The van der Waals surface area contributed by atoms with Gasteiger partial charge in [0.2, 0.25) is 0 Å². The first-order valence-corrected chi connectivity index (χ1v) is 8.36. The third kappa shape index (κ3) is 4.90. The van der Waals surface area contributed by atoms with Crippen molar-refractivity contribution < 1.29 is 14.7 Å². The summed E-state index contributed by atoms with van der Waals surface area (Å²) in [5.41, 5.74) is 0. The van der Waals surface area contributed by atoms with Crippen LogP contribution >= 0.6 is 0 Å². The lowest BCUT2D eigenvalue weighted by Gasteiger charge is -2.30. The Balaban J connectivity index is 1.81. The van der Waals surface area contributed by atoms with Crippen molar-refractivity contribution >= 4 is 12.0 Å². The Hall–Kier alpha value is -1.26. The van der Waals surface area contributed by atoms with Crippen LogP contribution < -0.4 is 10.6 Å². The lowest BCUT2D eigenvalue weighted by atomic mass is 9.84. The number of carboxylic acid groups (broad SMARTS) is 1. The summed E-state index contributed by atoms with van der Waals surface area (Å²) in [6.45, 7) is 2.27. The standard InChI is InChI=1S/C16H28N2O3/c1-11-5-4-6-12(10-9-11)17-16(21)18-14-8-3-2-7-13(14)15(19)20/h11-14H,2-10H2,1H3,(H,19,20)(H2,17,18,21). The minimum Gasteiger partial charge on any atom is -0.481 e. The van der Waals surface area contributed by atoms with Crippen LogP contribution in [-0.2, 0) is 4.79 Å². The Morgan fingerprint density at radius 1 is 0.905 bits per heavy atom. The van der Waals surface area contributed by atoms with Crippen LogP contribution in [0.3, 0.4) is 0 Å². The van der Waals surface area contributed by atoms with E-state index in [4.69, 9.17) is 0 Å². The second-order valence-electron chi connectivity index (χ2n) is 6.76. The lowest BCUT2D eigenvalue weighted by Crippen LogP contribution is -2.51. The number of nitrogens with one attached hydrogen (secondary N) is 2. The topological polar surface area (TPSA) is 78.4 Å². The van der Waals surface area contributed by atoms with E-state index in [0.717, 1.165) is 50.9 Å². The van der Waals surface area contributed by atoms with Gasteiger partial charge in [0.1, 0.15) is 0 Å². The van der Waals surface area contributed by atoms with Gasteiger partial charge in [-0.1, -0.05) is 32.6 Å². The van der Waals surface area contributed by atoms with Crippen LogP contribution in [0.4, 0.5) is 4.79 Å². The van der Waals surface area contributed by atoms with Crippen molar-refractivity contribution in [3.8, 4) is 0 Å². The first-order chi connectivity index (χ1) is 10.1. The average molecular weight is 296 g/mol. The molecule has 2 amide bonds. The third-order valence-electron chi connectivity index (χ3n) is 4.99. The van der Waals surface area contributed by atoms with E-state index >= 15 is 0 Å². The fourth-order valence-electron chi connectivity index (χ4n) is 3.63. The van der Waals surface area contributed by atoms with Crippen molar-refractivity contribution in [3.63, 3.8) is 0 Å². The zero-order chi connectivity index (χ0) is 15.2. The highest BCUT2D eigenvalue weighted by Gasteiger charge is 2.32. The largest absolute Gasteiger partial charge is 0.481 e. The zero-order valence-corrected chi connectivity index (χ0v) is 12.9. The number of carboxylic acids is 1. The third-order valence-corrected chi connectivity index (χ3v) is 4.99. The minimum absolute atomic E-state index is 0.187. The molecular weight excluding hydrogens is 268 g/mol. The highest BCUT2D eigenvalue weighted by atomic mass is 16.4. The number of aliphatic carboxylic acids is 1. The van der Waals surface area contributed by atoms with Crippen LogP contribution in [0.2, 0.25) is 0 Å². The number of amides is 2. The number of carbonyl (C=O) groups excluding carboxylic acids is 1. The van der Waals surface area contributed by atoms with Crippen molar-refractivity contribution in [2.45, 2.75) is 76.8 Å². The highest BCUT2D eigenvalue weighted by molar-refractivity contribution is 5.77. The molecule has 0 heterocycles. The molecule has 0 aromatic rings. The van der Waals surface area contributed by atoms with E-state index in [1.54, 1.807) is 0 Å². The van der Waals surface area contributed by atoms with Gasteiger partial charge in [0, 0.05) is 12.1 Å². The van der Waals surface area contributed by atoms with E-state index in [9.17, 15) is 14.7 Å². The summed E-state index contributed by atoms with van der Waals surface area (Å²) >= 11 is 0. The van der Waals surface area contributed by atoms with Crippen LogP contribution in [0, 0.1) is 11.8 Å². The fraction of sp³-hybridized carbons (Fsp3) is 0.875. The molecular formula is C16H28N2O3. The van der Waals surface area contributed by atoms with Gasteiger partial charge in [-0.2, -0.15) is 0 Å². The monoisotopic (exact) mass is 296 g/mol. The molecule has 5 nitrogen and oxygen atoms in total. The van der Waals surface area contributed by atoms with Gasteiger partial charge in [-0.25, -0.2) is 4.79 Å². The molecule has 4 unspecified atom stereocenters. The predicted molar refractivity (Wildman–Crippen MR) is 81.1 cm³/mol. The molecule has 2 rings (SSSR count). The second-order valence-corrected chi connectivity index (χ2v) is 6.76. The van der Waals surface area contributed by atoms with Crippen molar-refractivity contribution in [2.24, 2.45) is 11.8 Å². The Labute approximate surface area is 126 Å². The van der Waals surface area contributed by atoms with Gasteiger partial charge < -0.3 is 15.7 Å². The van der Waals surface area contributed by atoms with Gasteiger partial charge in [0.05, 0.1) is 5.92 Å². The lowest BCUT2D eigenvalue weighted by molar-refractivity contribution is -0.143. The number of rotatable bonds is 3. The molecule has 0 bridgehead atoms. The van der Waals surface area contributed by atoms with Crippen LogP contribution in [0.25, 0.3) is 0 Å². The van der Waals surface area contributed by atoms with Crippen molar-refractivity contribution in [3.05, 3.63) is 0 Å². The molecule has 0 aromatic heterocycles. The maximum absolute atomic E-state index is 12.1. The van der Waals surface area contributed by atoms with Gasteiger partial charge in [-0.15, -0.1) is 0 Å². The van der Waals surface area contributed by atoms with Crippen LogP contribution in [0.5, 0.6) is 0 Å². The summed E-state index contributed by atoms with van der Waals surface area (Å²) in [7, 11) is 0. The summed E-state index contributed by atoms with van der Waals surface area (Å²) in [5.74, 6) is -0.475. The van der Waals surface area contributed by atoms with Gasteiger partial charge in [-0.05, 0) is 38.0 Å². The first kappa shape index (κ1) is 16.1. The van der Waals surface area contributed by atoms with Gasteiger partial charge in [-0.3, -0.25) is 4.79 Å². The number of hydrogen-bond donors (Lipinski definition) is 3. The molecule has 2 aliphatic rings. The number of carbonyl (C=O) groups is 2. The highest BCUT2D eigenvalue weighted by Crippen LogP contribution is 2.25. The molecule has 2 aliphatic carbocycles. The minimum atomic E-state index is -0.789. The molecule has 5 heteroatoms. The molecule has 0 saturated heterocycles. The van der Waals surface area contributed by atoms with Crippen LogP contribution in [-0.4, -0.2) is 29.2 Å². The molecule has 120 valence electrons. The van der Waals surface area contributed by atoms with Gasteiger partial charge in [0.25, 0.3) is 0 Å². The molecule has 21 heavy (non-hydrogen) atoms. The Kier molecular flexibility index (Phi) is 5.88. The maximum atomic E-state index is 12.1. The molecule has 0 radical (unpaired) electrons. The zero-order valence-electron chi connectivity index (χ0n) is 12.9. The van der Waals surface area contributed by atoms with Gasteiger partial charge >= 0.3 is 12.0 Å². The summed E-state index contributed by atoms with van der Waals surface area (Å²) in [6, 6.07) is -0.171. The molecule has 0 spiro atoms. The molecule has 2 fully saturated rings. The Morgan fingerprint density at radius 3 is 2.43 bits per heavy atom. The Bertz CT molecular complexity index is 373. The van der Waals surface area contributed by atoms with Crippen molar-refractivity contribution in [1.29, 1.82) is 0 Å². The summed E-state index contributed by atoms with van der Waals surface area (Å²) in [5, 5.41) is 15.2. The molecule has 2 saturated carbocycles. The van der Waals surface area contributed by atoms with E-state index in [1.807, 2.05) is 0 Å². The smallest absolute Gasteiger partial charge is 0.315 e. The predicted octanol–water partition coefficient (Wildman–Crippen LogP) is 2.90. The molecule has 3 N–H and O–H groups in total.